The molecule has 0 fully saturated rings. The molecule has 0 aromatic heterocycles. The maximum absolute atomic E-state index is 11.5. The zero-order valence-corrected chi connectivity index (χ0v) is 11.9. The van der Waals surface area contributed by atoms with Crippen LogP contribution in [0.1, 0.15) is 12.8 Å². The Labute approximate surface area is 116 Å². The van der Waals surface area contributed by atoms with Crippen molar-refractivity contribution < 1.29 is 13.7 Å². The molecule has 19 heavy (non-hydrogen) atoms. The average molecular weight is 284 g/mol. The maximum atomic E-state index is 11.5. The highest BCUT2D eigenvalue weighted by Gasteiger charge is 2.03. The number of rotatable bonds is 8. The molecule has 6 heteroatoms. The minimum absolute atomic E-state index is 0.0728. The fraction of sp³-hybridized carbons (Fsp3) is 0.462. The third-order valence-corrected chi connectivity index (χ3v) is 3.30. The van der Waals surface area contributed by atoms with Gasteiger partial charge in [-0.3, -0.25) is 9.00 Å². The summed E-state index contributed by atoms with van der Waals surface area (Å²) in [4.78, 5) is 11.5. The van der Waals surface area contributed by atoms with Crippen molar-refractivity contribution in [3.05, 3.63) is 24.3 Å². The molecule has 0 saturated carbocycles. The van der Waals surface area contributed by atoms with Crippen LogP contribution in [0.2, 0.25) is 0 Å². The maximum Gasteiger partial charge on any atom is 0.223 e. The zero-order valence-electron chi connectivity index (χ0n) is 11.1. The van der Waals surface area contributed by atoms with Crippen LogP contribution in [-0.4, -0.2) is 35.3 Å². The predicted octanol–water partition coefficient (Wildman–Crippen LogP) is 0.922. The number of carbonyl (C=O) groups is 1. The fourth-order valence-electron chi connectivity index (χ4n) is 1.46. The minimum Gasteiger partial charge on any atom is -0.491 e. The van der Waals surface area contributed by atoms with Crippen LogP contribution in [0.3, 0.4) is 0 Å². The summed E-state index contributed by atoms with van der Waals surface area (Å²) in [7, 11) is -0.803. The molecule has 5 nitrogen and oxygen atoms in total. The van der Waals surface area contributed by atoms with E-state index in [4.69, 9.17) is 10.5 Å². The van der Waals surface area contributed by atoms with Crippen LogP contribution in [0, 0.1) is 0 Å². The molecule has 0 aliphatic carbocycles. The number of hydrogen-bond acceptors (Lipinski definition) is 4. The fourth-order valence-corrected chi connectivity index (χ4v) is 2.01. The van der Waals surface area contributed by atoms with Gasteiger partial charge in [-0.2, -0.15) is 0 Å². The van der Waals surface area contributed by atoms with Gasteiger partial charge in [0, 0.05) is 29.4 Å². The number of nitrogens with one attached hydrogen (secondary N) is 1. The molecule has 1 atom stereocenters. The van der Waals surface area contributed by atoms with Gasteiger partial charge in [0.1, 0.15) is 5.75 Å². The second-order valence-electron chi connectivity index (χ2n) is 4.12. The van der Waals surface area contributed by atoms with Gasteiger partial charge in [0.15, 0.2) is 0 Å². The zero-order chi connectivity index (χ0) is 14.1. The summed E-state index contributed by atoms with van der Waals surface area (Å²) in [5, 5.41) is 2.75. The van der Waals surface area contributed by atoms with Gasteiger partial charge >= 0.3 is 0 Å². The van der Waals surface area contributed by atoms with Crippen LogP contribution in [-0.2, 0) is 15.6 Å². The van der Waals surface area contributed by atoms with Crippen molar-refractivity contribution in [3.63, 3.8) is 0 Å². The van der Waals surface area contributed by atoms with E-state index in [1.165, 1.54) is 0 Å². The van der Waals surface area contributed by atoms with Gasteiger partial charge in [-0.05, 0) is 18.6 Å². The number of ether oxygens (including phenoxy) is 1. The topological polar surface area (TPSA) is 81.4 Å². The van der Waals surface area contributed by atoms with Gasteiger partial charge in [-0.1, -0.05) is 12.1 Å². The van der Waals surface area contributed by atoms with Gasteiger partial charge < -0.3 is 15.8 Å². The number of benzene rings is 1. The summed E-state index contributed by atoms with van der Waals surface area (Å²) in [6.07, 6.45) is 2.66. The molecule has 1 rings (SSSR count). The van der Waals surface area contributed by atoms with E-state index in [-0.39, 0.29) is 12.3 Å². The van der Waals surface area contributed by atoms with E-state index in [1.54, 1.807) is 18.4 Å². The molecule has 1 unspecified atom stereocenters. The molecule has 0 aliphatic heterocycles. The predicted molar refractivity (Wildman–Crippen MR) is 77.5 cm³/mol. The SMILES string of the molecule is CS(=O)CCCNC(=O)CCOc1ccccc1N. The molecular weight excluding hydrogens is 264 g/mol. The summed E-state index contributed by atoms with van der Waals surface area (Å²) in [6.45, 7) is 0.839. The first-order valence-corrected chi connectivity index (χ1v) is 7.86. The van der Waals surface area contributed by atoms with E-state index in [0.717, 1.165) is 6.42 Å². The molecule has 1 amide bonds. The summed E-state index contributed by atoms with van der Waals surface area (Å²) in [5.41, 5.74) is 6.27. The molecule has 0 bridgehead atoms. The molecule has 0 heterocycles. The van der Waals surface area contributed by atoms with Crippen LogP contribution in [0.25, 0.3) is 0 Å². The van der Waals surface area contributed by atoms with E-state index < -0.39 is 10.8 Å². The summed E-state index contributed by atoms with van der Waals surface area (Å²) in [6, 6.07) is 7.17. The first-order chi connectivity index (χ1) is 9.09. The monoisotopic (exact) mass is 284 g/mol. The van der Waals surface area contributed by atoms with E-state index >= 15 is 0 Å². The Morgan fingerprint density at radius 2 is 2.16 bits per heavy atom. The summed E-state index contributed by atoms with van der Waals surface area (Å²) in [5.74, 6) is 1.13. The number of nitrogen functional groups attached to an aromatic ring is 1. The molecule has 0 aliphatic rings. The Morgan fingerprint density at radius 1 is 1.42 bits per heavy atom. The van der Waals surface area contributed by atoms with Crippen molar-refractivity contribution in [2.45, 2.75) is 12.8 Å². The van der Waals surface area contributed by atoms with Crippen molar-refractivity contribution in [1.82, 2.24) is 5.32 Å². The van der Waals surface area contributed by atoms with Crippen LogP contribution < -0.4 is 15.8 Å². The second-order valence-corrected chi connectivity index (χ2v) is 5.67. The molecule has 3 N–H and O–H groups in total. The Morgan fingerprint density at radius 3 is 2.84 bits per heavy atom. The van der Waals surface area contributed by atoms with Gasteiger partial charge in [-0.15, -0.1) is 0 Å². The third kappa shape index (κ3) is 6.81. The van der Waals surface area contributed by atoms with Gasteiger partial charge in [-0.25, -0.2) is 0 Å². The lowest BCUT2D eigenvalue weighted by molar-refractivity contribution is -0.121. The van der Waals surface area contributed by atoms with Crippen LogP contribution >= 0.6 is 0 Å². The third-order valence-electron chi connectivity index (χ3n) is 2.44. The smallest absolute Gasteiger partial charge is 0.223 e. The number of anilines is 1. The molecule has 106 valence electrons. The minimum atomic E-state index is -0.803. The Balaban J connectivity index is 2.14. The highest BCUT2D eigenvalue weighted by atomic mass is 32.2. The Bertz CT molecular complexity index is 438. The van der Waals surface area contributed by atoms with Crippen molar-refractivity contribution in [2.24, 2.45) is 0 Å². The largest absolute Gasteiger partial charge is 0.491 e. The van der Waals surface area contributed by atoms with Crippen LogP contribution in [0.15, 0.2) is 24.3 Å². The summed E-state index contributed by atoms with van der Waals surface area (Å²) >= 11 is 0. The lowest BCUT2D eigenvalue weighted by Gasteiger charge is -2.08. The number of amides is 1. The quantitative estimate of drug-likeness (QED) is 0.549. The first kappa shape index (κ1) is 15.5. The van der Waals surface area contributed by atoms with E-state index in [1.807, 2.05) is 12.1 Å². The Kier molecular flexibility index (Phi) is 6.95. The second kappa shape index (κ2) is 8.53. The molecular formula is C13H20N2O3S. The van der Waals surface area contributed by atoms with E-state index in [2.05, 4.69) is 5.32 Å². The van der Waals surface area contributed by atoms with Crippen LogP contribution in [0.5, 0.6) is 5.75 Å². The van der Waals surface area contributed by atoms with Crippen LogP contribution in [0.4, 0.5) is 5.69 Å². The lowest BCUT2D eigenvalue weighted by atomic mass is 10.3. The number of hydrogen-bond donors (Lipinski definition) is 2. The lowest BCUT2D eigenvalue weighted by Crippen LogP contribution is -2.26. The van der Waals surface area contributed by atoms with Crippen molar-refractivity contribution in [2.75, 3.05) is 30.9 Å². The normalized spacial score (nSPS) is 11.8. The van der Waals surface area contributed by atoms with E-state index in [9.17, 15) is 9.00 Å². The molecule has 1 aromatic rings. The molecule has 0 spiro atoms. The molecule has 1 aromatic carbocycles. The van der Waals surface area contributed by atoms with E-state index in [0.29, 0.717) is 30.3 Å². The number of nitrogens with two attached hydrogens (primary N) is 1. The standard InChI is InChI=1S/C13H20N2O3S/c1-19(17)10-4-8-15-13(16)7-9-18-12-6-3-2-5-11(12)14/h2-3,5-6H,4,7-10,14H2,1H3,(H,15,16). The number of carbonyl (C=O) groups excluding carboxylic acids is 1. The molecule has 0 saturated heterocycles. The van der Waals surface area contributed by atoms with Crippen molar-refractivity contribution >= 4 is 22.4 Å². The Hall–Kier alpha value is -1.56. The van der Waals surface area contributed by atoms with Gasteiger partial charge in [0.25, 0.3) is 0 Å². The average Bonchev–Trinajstić information content (AvgIpc) is 2.37. The van der Waals surface area contributed by atoms with Crippen molar-refractivity contribution in [1.29, 1.82) is 0 Å². The molecule has 0 radical (unpaired) electrons. The highest BCUT2D eigenvalue weighted by Crippen LogP contribution is 2.19. The van der Waals surface area contributed by atoms with Gasteiger partial charge in [0.05, 0.1) is 18.7 Å². The highest BCUT2D eigenvalue weighted by molar-refractivity contribution is 7.84. The van der Waals surface area contributed by atoms with Crippen molar-refractivity contribution in [3.8, 4) is 5.75 Å². The summed E-state index contributed by atoms with van der Waals surface area (Å²) < 4.78 is 16.2. The number of para-hydroxylation sites is 2. The first-order valence-electron chi connectivity index (χ1n) is 6.13. The van der Waals surface area contributed by atoms with Gasteiger partial charge in [0.2, 0.25) is 5.91 Å².